The Labute approximate surface area is 123 Å². The molecule has 0 aromatic heterocycles. The first-order valence-corrected chi connectivity index (χ1v) is 6.35. The van der Waals surface area contributed by atoms with Gasteiger partial charge in [0.05, 0.1) is 20.3 Å². The normalized spacial score (nSPS) is 15.4. The molecular formula is C12H12N4O6. The van der Waals surface area contributed by atoms with Crippen LogP contribution in [0.4, 0.5) is 4.79 Å². The highest BCUT2D eigenvalue weighted by molar-refractivity contribution is 5.71. The molecule has 0 unspecified atom stereocenters. The zero-order valence-electron chi connectivity index (χ0n) is 11.8. The summed E-state index contributed by atoms with van der Waals surface area (Å²) in [5, 5.41) is 0. The van der Waals surface area contributed by atoms with E-state index < -0.39 is 23.6 Å². The van der Waals surface area contributed by atoms with E-state index in [2.05, 4.69) is 14.7 Å². The molecule has 0 aromatic rings. The minimum atomic E-state index is -1.12. The monoisotopic (exact) mass is 308 g/mol. The van der Waals surface area contributed by atoms with Crippen LogP contribution in [0.3, 0.4) is 0 Å². The van der Waals surface area contributed by atoms with E-state index in [1.54, 1.807) is 13.2 Å². The number of ether oxygens (including phenoxy) is 3. The zero-order valence-corrected chi connectivity index (χ0v) is 11.8. The average Bonchev–Trinajstić information content (AvgIpc) is 3.02. The number of hydrogen-bond acceptors (Lipinski definition) is 8. The third-order valence-electron chi connectivity index (χ3n) is 3.13. The zero-order chi connectivity index (χ0) is 15.9. The summed E-state index contributed by atoms with van der Waals surface area (Å²) in [5.41, 5.74) is -1.73. The van der Waals surface area contributed by atoms with Gasteiger partial charge in [0.1, 0.15) is 5.69 Å². The number of hydrogen-bond donors (Lipinski definition) is 0. The third-order valence-corrected chi connectivity index (χ3v) is 3.13. The van der Waals surface area contributed by atoms with Crippen LogP contribution in [0.1, 0.15) is 12.0 Å². The van der Waals surface area contributed by atoms with Crippen molar-refractivity contribution in [3.63, 3.8) is 0 Å². The van der Waals surface area contributed by atoms with Gasteiger partial charge in [0.2, 0.25) is 6.29 Å². The molecule has 10 nitrogen and oxygen atoms in total. The quantitative estimate of drug-likeness (QED) is 0.666. The fourth-order valence-corrected chi connectivity index (χ4v) is 2.14. The van der Waals surface area contributed by atoms with Crippen molar-refractivity contribution in [1.82, 2.24) is 19.1 Å². The predicted octanol–water partition coefficient (Wildman–Crippen LogP) is -0.898. The summed E-state index contributed by atoms with van der Waals surface area (Å²) in [7, 11) is 2.65. The van der Waals surface area contributed by atoms with Crippen LogP contribution in [-0.2, 0) is 21.3 Å². The lowest BCUT2D eigenvalue weighted by Gasteiger charge is -2.15. The molecule has 1 fully saturated rings. The average molecular weight is 308 g/mol. The van der Waals surface area contributed by atoms with E-state index in [0.29, 0.717) is 18.9 Å². The predicted molar refractivity (Wildman–Crippen MR) is 70.6 cm³/mol. The van der Waals surface area contributed by atoms with Gasteiger partial charge in [-0.05, 0) is 0 Å². The van der Waals surface area contributed by atoms with Gasteiger partial charge in [0, 0.05) is 13.2 Å². The lowest BCUT2D eigenvalue weighted by atomic mass is 10.3. The number of carbonyl (C=O) groups is 1. The second-order valence-corrected chi connectivity index (χ2v) is 4.53. The fourth-order valence-electron chi connectivity index (χ4n) is 2.14. The summed E-state index contributed by atoms with van der Waals surface area (Å²) in [4.78, 5) is 43.5. The molecular weight excluding hydrogens is 296 g/mol. The standard InChI is InChI=1S/C12H12N4O6/c1-15-5-6(10-21-3-4-22-10)13-7-8(15)14-11(18)16(9(7)17)12(19)20-2/h5,10H,3-4H2,1-2H3. The summed E-state index contributed by atoms with van der Waals surface area (Å²) < 4.78 is 16.8. The highest BCUT2D eigenvalue weighted by Crippen LogP contribution is 2.23. The number of methoxy groups -OCH3 is 1. The summed E-state index contributed by atoms with van der Waals surface area (Å²) >= 11 is 0. The van der Waals surface area contributed by atoms with E-state index in [-0.39, 0.29) is 16.1 Å². The number of rotatable bonds is 1. The Balaban J connectivity index is 2.27. The number of aryl methyl sites for hydroxylation is 1. The maximum Gasteiger partial charge on any atom is 0.425 e. The van der Waals surface area contributed by atoms with Gasteiger partial charge in [-0.3, -0.25) is 4.79 Å². The Morgan fingerprint density at radius 1 is 1.32 bits per heavy atom. The molecule has 0 aliphatic carbocycles. The smallest absolute Gasteiger partial charge is 0.425 e. The van der Waals surface area contributed by atoms with Gasteiger partial charge in [-0.25, -0.2) is 14.6 Å². The summed E-state index contributed by atoms with van der Waals surface area (Å²) in [6, 6.07) is 0. The van der Waals surface area contributed by atoms with E-state index in [1.165, 1.54) is 4.57 Å². The molecule has 22 heavy (non-hydrogen) atoms. The number of aromatic nitrogens is 4. The molecule has 0 amide bonds. The van der Waals surface area contributed by atoms with Gasteiger partial charge >= 0.3 is 11.8 Å². The largest absolute Gasteiger partial charge is 0.452 e. The van der Waals surface area contributed by atoms with E-state index in [9.17, 15) is 14.4 Å². The van der Waals surface area contributed by atoms with Crippen molar-refractivity contribution in [2.45, 2.75) is 6.29 Å². The second-order valence-electron chi connectivity index (χ2n) is 4.53. The van der Waals surface area contributed by atoms with Crippen LogP contribution in [0, 0.1) is 0 Å². The molecule has 3 aliphatic rings. The Bertz CT molecular complexity index is 820. The Hall–Kier alpha value is -2.59. The van der Waals surface area contributed by atoms with E-state index >= 15 is 0 Å². The van der Waals surface area contributed by atoms with Gasteiger partial charge in [-0.2, -0.15) is 9.55 Å². The molecule has 0 bridgehead atoms. The molecule has 0 saturated carbocycles. The van der Waals surface area contributed by atoms with Gasteiger partial charge in [-0.1, -0.05) is 0 Å². The van der Waals surface area contributed by atoms with Crippen LogP contribution in [0.15, 0.2) is 15.8 Å². The van der Waals surface area contributed by atoms with Gasteiger partial charge < -0.3 is 18.8 Å². The van der Waals surface area contributed by atoms with Gasteiger partial charge in [0.15, 0.2) is 11.5 Å². The highest BCUT2D eigenvalue weighted by Gasteiger charge is 2.26. The Kier molecular flexibility index (Phi) is 3.47. The van der Waals surface area contributed by atoms with Crippen LogP contribution in [0.2, 0.25) is 0 Å². The molecule has 116 valence electrons. The van der Waals surface area contributed by atoms with Crippen molar-refractivity contribution in [2.24, 2.45) is 7.05 Å². The van der Waals surface area contributed by atoms with Crippen molar-refractivity contribution < 1.29 is 19.0 Å². The Morgan fingerprint density at radius 3 is 2.64 bits per heavy atom. The van der Waals surface area contributed by atoms with Crippen molar-refractivity contribution in [2.75, 3.05) is 20.3 Å². The SMILES string of the molecule is COC(=O)n1c(=O)nc2n(C)cc(C3OCCO3)nc-2c1=O. The second kappa shape index (κ2) is 5.31. The van der Waals surface area contributed by atoms with Gasteiger partial charge in [0.25, 0.3) is 5.56 Å². The molecule has 0 atom stereocenters. The first-order valence-electron chi connectivity index (χ1n) is 6.35. The summed E-state index contributed by atoms with van der Waals surface area (Å²) in [6.07, 6.45) is -0.270. The highest BCUT2D eigenvalue weighted by atomic mass is 16.7. The first kappa shape index (κ1) is 14.4. The summed E-state index contributed by atoms with van der Waals surface area (Å²) in [6.45, 7) is 0.830. The molecule has 0 N–H and O–H groups in total. The molecule has 1 saturated heterocycles. The molecule has 3 rings (SSSR count). The fraction of sp³-hybridized carbons (Fsp3) is 0.417. The maximum atomic E-state index is 12.3. The van der Waals surface area contributed by atoms with Crippen LogP contribution in [0.25, 0.3) is 11.5 Å². The summed E-state index contributed by atoms with van der Waals surface area (Å²) in [5.74, 6) is 0.0527. The minimum Gasteiger partial charge on any atom is -0.452 e. The van der Waals surface area contributed by atoms with Crippen molar-refractivity contribution in [3.05, 3.63) is 32.7 Å². The van der Waals surface area contributed by atoms with Crippen LogP contribution < -0.4 is 11.2 Å². The molecule has 0 radical (unpaired) electrons. The molecule has 10 heteroatoms. The van der Waals surface area contributed by atoms with Gasteiger partial charge in [-0.15, -0.1) is 0 Å². The van der Waals surface area contributed by atoms with Crippen molar-refractivity contribution in [3.8, 4) is 11.5 Å². The van der Waals surface area contributed by atoms with E-state index in [1.807, 2.05) is 0 Å². The van der Waals surface area contributed by atoms with Crippen molar-refractivity contribution in [1.29, 1.82) is 0 Å². The number of fused-ring (bicyclic) bond motifs is 1. The molecule has 0 spiro atoms. The van der Waals surface area contributed by atoms with E-state index in [0.717, 1.165) is 7.11 Å². The Morgan fingerprint density at radius 2 is 2.00 bits per heavy atom. The third kappa shape index (κ3) is 2.18. The van der Waals surface area contributed by atoms with Crippen LogP contribution >= 0.6 is 0 Å². The molecule has 3 aliphatic heterocycles. The minimum absolute atomic E-state index is 0.0527. The van der Waals surface area contributed by atoms with Crippen LogP contribution in [-0.4, -0.2) is 45.5 Å². The molecule has 0 aromatic carbocycles. The lowest BCUT2D eigenvalue weighted by molar-refractivity contribution is -0.0477. The van der Waals surface area contributed by atoms with Crippen molar-refractivity contribution >= 4 is 6.09 Å². The first-order chi connectivity index (χ1) is 10.5. The van der Waals surface area contributed by atoms with Crippen LogP contribution in [0.5, 0.6) is 0 Å². The topological polar surface area (TPSA) is 115 Å². The number of carbonyl (C=O) groups excluding carboxylic acids is 1. The van der Waals surface area contributed by atoms with E-state index in [4.69, 9.17) is 9.47 Å². The molecule has 3 heterocycles. The maximum absolute atomic E-state index is 12.3. The number of nitrogens with zero attached hydrogens (tertiary/aromatic N) is 4. The lowest BCUT2D eigenvalue weighted by Crippen LogP contribution is -2.42.